The molecule has 0 aliphatic heterocycles. The van der Waals surface area contributed by atoms with Crippen LogP contribution >= 0.6 is 12.0 Å². The van der Waals surface area contributed by atoms with Gasteiger partial charge in [0.1, 0.15) is 5.75 Å². The molecule has 0 heterocycles. The highest BCUT2D eigenvalue weighted by Gasteiger charge is 2.00. The minimum Gasteiger partial charge on any atom is -0.497 e. The first kappa shape index (κ1) is 11.9. The minimum atomic E-state index is -0.187. The molecule has 82 valence electrons. The van der Waals surface area contributed by atoms with E-state index in [0.717, 1.165) is 23.4 Å². The number of methoxy groups -OCH3 is 1. The molecule has 1 aromatic carbocycles. The van der Waals surface area contributed by atoms with Gasteiger partial charge in [0.25, 0.3) is 0 Å². The summed E-state index contributed by atoms with van der Waals surface area (Å²) in [6.07, 6.45) is 0.412. The lowest BCUT2D eigenvalue weighted by molar-refractivity contribution is -0.132. The van der Waals surface area contributed by atoms with Crippen molar-refractivity contribution in [1.82, 2.24) is 0 Å². The first-order chi connectivity index (χ1) is 7.26. The summed E-state index contributed by atoms with van der Waals surface area (Å²) in [7, 11) is 1.63. The van der Waals surface area contributed by atoms with Crippen molar-refractivity contribution in [2.24, 2.45) is 0 Å². The van der Waals surface area contributed by atoms with Crippen LogP contribution in [0.3, 0.4) is 0 Å². The number of hydrogen-bond donors (Lipinski definition) is 0. The van der Waals surface area contributed by atoms with Crippen LogP contribution in [0.25, 0.3) is 0 Å². The standard InChI is InChI=1S/C11H14O3S/c1-3-11(12)14-15-8-9-4-6-10(13-2)7-5-9/h4-7H,3,8H2,1-2H3. The summed E-state index contributed by atoms with van der Waals surface area (Å²) in [5.74, 6) is 1.30. The van der Waals surface area contributed by atoms with Crippen LogP contribution in [0.4, 0.5) is 0 Å². The molecule has 4 heteroatoms. The lowest BCUT2D eigenvalue weighted by Gasteiger charge is -2.03. The minimum absolute atomic E-state index is 0.187. The molecular weight excluding hydrogens is 212 g/mol. The van der Waals surface area contributed by atoms with Gasteiger partial charge in [0.05, 0.1) is 24.9 Å². The molecule has 0 aliphatic rings. The number of carbonyl (C=O) groups excluding carboxylic acids is 1. The van der Waals surface area contributed by atoms with Gasteiger partial charge in [-0.15, -0.1) is 0 Å². The summed E-state index contributed by atoms with van der Waals surface area (Å²) < 4.78 is 9.94. The number of rotatable bonds is 5. The second-order valence-electron chi connectivity index (χ2n) is 2.92. The highest BCUT2D eigenvalue weighted by atomic mass is 32.2. The third kappa shape index (κ3) is 4.25. The lowest BCUT2D eigenvalue weighted by Crippen LogP contribution is -1.95. The number of hydrogen-bond acceptors (Lipinski definition) is 4. The van der Waals surface area contributed by atoms with E-state index in [9.17, 15) is 4.79 Å². The first-order valence-electron chi connectivity index (χ1n) is 4.71. The summed E-state index contributed by atoms with van der Waals surface area (Å²) in [6.45, 7) is 1.77. The van der Waals surface area contributed by atoms with Gasteiger partial charge in [-0.05, 0) is 17.7 Å². The average Bonchev–Trinajstić information content (AvgIpc) is 2.29. The number of ether oxygens (including phenoxy) is 1. The van der Waals surface area contributed by atoms with Gasteiger partial charge in [-0.25, -0.2) is 0 Å². The molecule has 1 aromatic rings. The first-order valence-corrected chi connectivity index (χ1v) is 5.62. The summed E-state index contributed by atoms with van der Waals surface area (Å²) in [4.78, 5) is 10.8. The van der Waals surface area contributed by atoms with Crippen molar-refractivity contribution in [1.29, 1.82) is 0 Å². The highest BCUT2D eigenvalue weighted by molar-refractivity contribution is 7.94. The van der Waals surface area contributed by atoms with E-state index in [1.807, 2.05) is 24.3 Å². The topological polar surface area (TPSA) is 35.5 Å². The van der Waals surface area contributed by atoms with Crippen molar-refractivity contribution < 1.29 is 13.7 Å². The van der Waals surface area contributed by atoms with Crippen molar-refractivity contribution in [2.75, 3.05) is 7.11 Å². The Balaban J connectivity index is 2.34. The summed E-state index contributed by atoms with van der Waals surface area (Å²) in [6, 6.07) is 7.67. The smallest absolute Gasteiger partial charge is 0.317 e. The lowest BCUT2D eigenvalue weighted by atomic mass is 10.2. The molecule has 0 saturated carbocycles. The van der Waals surface area contributed by atoms with E-state index in [2.05, 4.69) is 0 Å². The van der Waals surface area contributed by atoms with E-state index >= 15 is 0 Å². The van der Waals surface area contributed by atoms with Crippen LogP contribution in [0.2, 0.25) is 0 Å². The molecule has 0 radical (unpaired) electrons. The largest absolute Gasteiger partial charge is 0.497 e. The van der Waals surface area contributed by atoms with Crippen LogP contribution in [0.15, 0.2) is 24.3 Å². The van der Waals surface area contributed by atoms with Gasteiger partial charge in [-0.3, -0.25) is 4.79 Å². The summed E-state index contributed by atoms with van der Waals surface area (Å²) in [5, 5.41) is 0. The summed E-state index contributed by atoms with van der Waals surface area (Å²) >= 11 is 1.16. The maximum absolute atomic E-state index is 10.8. The third-order valence-corrected chi connectivity index (χ3v) is 2.58. The monoisotopic (exact) mass is 226 g/mol. The molecule has 3 nitrogen and oxygen atoms in total. The van der Waals surface area contributed by atoms with Gasteiger partial charge in [0.15, 0.2) is 0 Å². The molecule has 0 aliphatic carbocycles. The van der Waals surface area contributed by atoms with Gasteiger partial charge >= 0.3 is 5.97 Å². The van der Waals surface area contributed by atoms with E-state index in [1.165, 1.54) is 0 Å². The Labute approximate surface area is 94.0 Å². The molecule has 1 rings (SSSR count). The van der Waals surface area contributed by atoms with E-state index in [4.69, 9.17) is 8.92 Å². The van der Waals surface area contributed by atoms with Gasteiger partial charge < -0.3 is 8.92 Å². The third-order valence-electron chi connectivity index (χ3n) is 1.83. The second kappa shape index (κ2) is 6.35. The summed E-state index contributed by atoms with van der Waals surface area (Å²) in [5.41, 5.74) is 1.10. The number of carbonyl (C=O) groups is 1. The molecule has 0 fully saturated rings. The second-order valence-corrected chi connectivity index (χ2v) is 3.61. The molecule has 0 aromatic heterocycles. The predicted octanol–water partition coefficient (Wildman–Crippen LogP) is 2.80. The van der Waals surface area contributed by atoms with Crippen LogP contribution in [0.5, 0.6) is 5.75 Å². The van der Waals surface area contributed by atoms with E-state index in [-0.39, 0.29) is 5.97 Å². The normalized spacial score (nSPS) is 9.73. The molecule has 0 amide bonds. The number of benzene rings is 1. The molecule has 0 unspecified atom stereocenters. The van der Waals surface area contributed by atoms with Crippen LogP contribution in [-0.4, -0.2) is 13.1 Å². The molecular formula is C11H14O3S. The maximum Gasteiger partial charge on any atom is 0.317 e. The Hall–Kier alpha value is -1.16. The molecule has 15 heavy (non-hydrogen) atoms. The fourth-order valence-corrected chi connectivity index (χ4v) is 1.58. The maximum atomic E-state index is 10.8. The van der Waals surface area contributed by atoms with Crippen molar-refractivity contribution in [3.63, 3.8) is 0 Å². The molecule has 0 spiro atoms. The van der Waals surface area contributed by atoms with Gasteiger partial charge in [0, 0.05) is 6.42 Å². The van der Waals surface area contributed by atoms with Gasteiger partial charge in [-0.1, -0.05) is 19.1 Å². The van der Waals surface area contributed by atoms with Crippen molar-refractivity contribution in [3.8, 4) is 5.75 Å². The molecule has 0 N–H and O–H groups in total. The van der Waals surface area contributed by atoms with E-state index in [1.54, 1.807) is 14.0 Å². The quantitative estimate of drug-likeness (QED) is 0.723. The van der Waals surface area contributed by atoms with Gasteiger partial charge in [-0.2, -0.15) is 0 Å². The van der Waals surface area contributed by atoms with Gasteiger partial charge in [0.2, 0.25) is 0 Å². The van der Waals surface area contributed by atoms with Crippen molar-refractivity contribution >= 4 is 18.0 Å². The Bertz CT molecular complexity index is 308. The van der Waals surface area contributed by atoms with Crippen LogP contribution in [-0.2, 0) is 14.7 Å². The zero-order valence-corrected chi connectivity index (χ0v) is 9.67. The predicted molar refractivity (Wildman–Crippen MR) is 60.7 cm³/mol. The Kier molecular flexibility index (Phi) is 5.04. The van der Waals surface area contributed by atoms with E-state index < -0.39 is 0 Å². The highest BCUT2D eigenvalue weighted by Crippen LogP contribution is 2.17. The zero-order chi connectivity index (χ0) is 11.1. The van der Waals surface area contributed by atoms with Crippen LogP contribution in [0.1, 0.15) is 18.9 Å². The Morgan fingerprint density at radius 3 is 2.53 bits per heavy atom. The van der Waals surface area contributed by atoms with E-state index in [0.29, 0.717) is 12.2 Å². The fourth-order valence-electron chi connectivity index (χ4n) is 0.944. The average molecular weight is 226 g/mol. The SMILES string of the molecule is CCC(=O)OSCc1ccc(OC)cc1. The Morgan fingerprint density at radius 1 is 1.33 bits per heavy atom. The van der Waals surface area contributed by atoms with Crippen molar-refractivity contribution in [2.45, 2.75) is 19.1 Å². The molecule has 0 bridgehead atoms. The van der Waals surface area contributed by atoms with Crippen LogP contribution in [0, 0.1) is 0 Å². The van der Waals surface area contributed by atoms with Crippen LogP contribution < -0.4 is 4.74 Å². The fraction of sp³-hybridized carbons (Fsp3) is 0.364. The molecule has 0 atom stereocenters. The Morgan fingerprint density at radius 2 is 2.00 bits per heavy atom. The zero-order valence-electron chi connectivity index (χ0n) is 8.86. The van der Waals surface area contributed by atoms with Crippen molar-refractivity contribution in [3.05, 3.63) is 29.8 Å². The molecule has 0 saturated heterocycles.